The average molecular weight is 414 g/mol. The third kappa shape index (κ3) is 3.66. The van der Waals surface area contributed by atoms with Crippen LogP contribution in [0, 0.1) is 12.7 Å². The highest BCUT2D eigenvalue weighted by molar-refractivity contribution is 9.10. The molecular formula is C12H8BrCl2FN2O2S. The molecule has 0 spiro atoms. The Labute approximate surface area is 139 Å². The van der Waals surface area contributed by atoms with Crippen molar-refractivity contribution in [1.29, 1.82) is 0 Å². The van der Waals surface area contributed by atoms with Crippen LogP contribution in [0.25, 0.3) is 0 Å². The zero-order chi connectivity index (χ0) is 15.8. The lowest BCUT2D eigenvalue weighted by Gasteiger charge is -2.11. The van der Waals surface area contributed by atoms with Gasteiger partial charge in [-0.05, 0) is 47.1 Å². The molecule has 0 saturated heterocycles. The van der Waals surface area contributed by atoms with Crippen LogP contribution < -0.4 is 4.72 Å². The second kappa shape index (κ2) is 6.08. The zero-order valence-electron chi connectivity index (χ0n) is 10.5. The molecule has 0 amide bonds. The van der Waals surface area contributed by atoms with Crippen LogP contribution in [0.3, 0.4) is 0 Å². The molecule has 0 bridgehead atoms. The van der Waals surface area contributed by atoms with E-state index < -0.39 is 15.8 Å². The minimum atomic E-state index is -3.97. The van der Waals surface area contributed by atoms with Crippen LogP contribution >= 0.6 is 39.1 Å². The molecule has 0 aliphatic carbocycles. The molecule has 0 aliphatic heterocycles. The third-order valence-corrected chi connectivity index (χ3v) is 5.51. The number of hydrogen-bond acceptors (Lipinski definition) is 3. The first-order chi connectivity index (χ1) is 9.70. The lowest BCUT2D eigenvalue weighted by atomic mass is 10.3. The van der Waals surface area contributed by atoms with Crippen molar-refractivity contribution in [3.63, 3.8) is 0 Å². The topological polar surface area (TPSA) is 59.1 Å². The van der Waals surface area contributed by atoms with Crippen molar-refractivity contribution in [2.24, 2.45) is 0 Å². The Kier molecular flexibility index (Phi) is 4.77. The van der Waals surface area contributed by atoms with Gasteiger partial charge in [0.1, 0.15) is 10.7 Å². The Bertz CT molecular complexity index is 815. The number of nitrogens with one attached hydrogen (secondary N) is 1. The second-order valence-corrected chi connectivity index (χ2v) is 7.39. The van der Waals surface area contributed by atoms with E-state index in [1.165, 1.54) is 6.07 Å². The lowest BCUT2D eigenvalue weighted by molar-refractivity contribution is 0.598. The van der Waals surface area contributed by atoms with Crippen molar-refractivity contribution in [2.45, 2.75) is 11.8 Å². The maximum Gasteiger partial charge on any atom is 0.264 e. The highest BCUT2D eigenvalue weighted by atomic mass is 79.9. The molecule has 21 heavy (non-hydrogen) atoms. The van der Waals surface area contributed by atoms with Gasteiger partial charge < -0.3 is 0 Å². The van der Waals surface area contributed by atoms with Gasteiger partial charge in [0.05, 0.1) is 15.7 Å². The van der Waals surface area contributed by atoms with Crippen molar-refractivity contribution in [3.8, 4) is 0 Å². The molecule has 0 atom stereocenters. The normalized spacial score (nSPS) is 11.5. The van der Waals surface area contributed by atoms with Crippen LogP contribution in [0.15, 0.2) is 33.6 Å². The fraction of sp³-hybridized carbons (Fsp3) is 0.0833. The number of halogens is 4. The summed E-state index contributed by atoms with van der Waals surface area (Å²) in [4.78, 5) is 3.86. The van der Waals surface area contributed by atoms with Crippen molar-refractivity contribution in [2.75, 3.05) is 4.72 Å². The van der Waals surface area contributed by atoms with Crippen LogP contribution in [-0.4, -0.2) is 13.4 Å². The van der Waals surface area contributed by atoms with Crippen molar-refractivity contribution in [3.05, 3.63) is 50.3 Å². The molecule has 2 rings (SSSR count). The first-order valence-corrected chi connectivity index (χ1v) is 8.54. The predicted octanol–water partition coefficient (Wildman–Crippen LogP) is 4.40. The SMILES string of the molecule is Cc1nc(NS(=O)(=O)c2ccc(F)cc2Br)c(Cl)cc1Cl. The Morgan fingerprint density at radius 2 is 1.90 bits per heavy atom. The number of aromatic nitrogens is 1. The van der Waals surface area contributed by atoms with E-state index in [2.05, 4.69) is 25.6 Å². The summed E-state index contributed by atoms with van der Waals surface area (Å²) in [6.07, 6.45) is 0. The van der Waals surface area contributed by atoms with Gasteiger partial charge >= 0.3 is 0 Å². The van der Waals surface area contributed by atoms with Crippen LogP contribution in [0.4, 0.5) is 10.2 Å². The summed E-state index contributed by atoms with van der Waals surface area (Å²) in [6, 6.07) is 4.62. The smallest absolute Gasteiger partial charge is 0.262 e. The molecular weight excluding hydrogens is 406 g/mol. The van der Waals surface area contributed by atoms with Gasteiger partial charge in [0.2, 0.25) is 0 Å². The molecule has 1 N–H and O–H groups in total. The molecule has 0 aliphatic rings. The number of rotatable bonds is 3. The number of hydrogen-bond donors (Lipinski definition) is 1. The van der Waals surface area contributed by atoms with Gasteiger partial charge in [-0.3, -0.25) is 4.72 Å². The van der Waals surface area contributed by atoms with Gasteiger partial charge in [0.15, 0.2) is 5.82 Å². The molecule has 0 unspecified atom stereocenters. The highest BCUT2D eigenvalue weighted by Crippen LogP contribution is 2.29. The first kappa shape index (κ1) is 16.5. The molecule has 9 heteroatoms. The largest absolute Gasteiger partial charge is 0.264 e. The average Bonchev–Trinajstić information content (AvgIpc) is 2.35. The van der Waals surface area contributed by atoms with Gasteiger partial charge in [-0.25, -0.2) is 17.8 Å². The van der Waals surface area contributed by atoms with E-state index in [-0.39, 0.29) is 20.2 Å². The monoisotopic (exact) mass is 412 g/mol. The summed E-state index contributed by atoms with van der Waals surface area (Å²) in [5, 5.41) is 0.387. The Morgan fingerprint density at radius 1 is 1.24 bits per heavy atom. The van der Waals surface area contributed by atoms with Crippen molar-refractivity contribution < 1.29 is 12.8 Å². The third-order valence-electron chi connectivity index (χ3n) is 2.52. The maximum atomic E-state index is 13.0. The Hall–Kier alpha value is -0.890. The van der Waals surface area contributed by atoms with E-state index in [1.807, 2.05) is 0 Å². The molecule has 0 radical (unpaired) electrons. The van der Waals surface area contributed by atoms with Crippen LogP contribution in [0.2, 0.25) is 10.0 Å². The lowest BCUT2D eigenvalue weighted by Crippen LogP contribution is -2.15. The quantitative estimate of drug-likeness (QED) is 0.811. The molecule has 0 saturated carbocycles. The summed E-state index contributed by atoms with van der Waals surface area (Å²) < 4.78 is 39.9. The van der Waals surface area contributed by atoms with E-state index in [1.54, 1.807) is 6.92 Å². The molecule has 1 aromatic heterocycles. The Balaban J connectivity index is 2.45. The fourth-order valence-electron chi connectivity index (χ4n) is 1.51. The van der Waals surface area contributed by atoms with Crippen LogP contribution in [0.5, 0.6) is 0 Å². The van der Waals surface area contributed by atoms with E-state index in [0.29, 0.717) is 10.7 Å². The van der Waals surface area contributed by atoms with Crippen molar-refractivity contribution >= 4 is 55.0 Å². The molecule has 0 fully saturated rings. The number of anilines is 1. The van der Waals surface area contributed by atoms with Gasteiger partial charge in [-0.2, -0.15) is 0 Å². The van der Waals surface area contributed by atoms with Gasteiger partial charge in [-0.1, -0.05) is 23.2 Å². The van der Waals surface area contributed by atoms with Gasteiger partial charge in [0, 0.05) is 4.47 Å². The minimum Gasteiger partial charge on any atom is -0.262 e. The predicted molar refractivity (Wildman–Crippen MR) is 83.9 cm³/mol. The van der Waals surface area contributed by atoms with Gasteiger partial charge in [0.25, 0.3) is 10.0 Å². The van der Waals surface area contributed by atoms with Crippen LogP contribution in [0.1, 0.15) is 5.69 Å². The first-order valence-electron chi connectivity index (χ1n) is 5.51. The van der Waals surface area contributed by atoms with E-state index >= 15 is 0 Å². The molecule has 4 nitrogen and oxygen atoms in total. The van der Waals surface area contributed by atoms with E-state index in [0.717, 1.165) is 18.2 Å². The minimum absolute atomic E-state index is 0.0465. The van der Waals surface area contributed by atoms with Crippen molar-refractivity contribution in [1.82, 2.24) is 4.98 Å². The zero-order valence-corrected chi connectivity index (χ0v) is 14.4. The summed E-state index contributed by atoms with van der Waals surface area (Å²) in [6.45, 7) is 1.62. The summed E-state index contributed by atoms with van der Waals surface area (Å²) >= 11 is 14.8. The highest BCUT2D eigenvalue weighted by Gasteiger charge is 2.20. The molecule has 1 aromatic carbocycles. The number of benzene rings is 1. The number of pyridine rings is 1. The van der Waals surface area contributed by atoms with Gasteiger partial charge in [-0.15, -0.1) is 0 Å². The second-order valence-electron chi connectivity index (χ2n) is 4.07. The number of aryl methyl sites for hydroxylation is 1. The number of sulfonamides is 1. The van der Waals surface area contributed by atoms with E-state index in [4.69, 9.17) is 23.2 Å². The number of nitrogens with zero attached hydrogens (tertiary/aromatic N) is 1. The molecule has 1 heterocycles. The van der Waals surface area contributed by atoms with E-state index in [9.17, 15) is 12.8 Å². The summed E-state index contributed by atoms with van der Waals surface area (Å²) in [5.41, 5.74) is 0.428. The molecule has 112 valence electrons. The Morgan fingerprint density at radius 3 is 2.52 bits per heavy atom. The standard InChI is InChI=1S/C12H8BrCl2FN2O2S/c1-6-9(14)5-10(15)12(17-6)18-21(19,20)11-3-2-7(16)4-8(11)13/h2-5H,1H3,(H,17,18). The molecule has 2 aromatic rings. The fourth-order valence-corrected chi connectivity index (χ4v) is 4.04. The summed E-state index contributed by atoms with van der Waals surface area (Å²) in [5.74, 6) is -0.603. The summed E-state index contributed by atoms with van der Waals surface area (Å²) in [7, 11) is -3.97. The maximum absolute atomic E-state index is 13.0. The van der Waals surface area contributed by atoms with Crippen LogP contribution in [-0.2, 0) is 10.0 Å².